The lowest BCUT2D eigenvalue weighted by Crippen LogP contribution is -2.18. The van der Waals surface area contributed by atoms with Gasteiger partial charge in [-0.05, 0) is 55.3 Å². The van der Waals surface area contributed by atoms with Crippen LogP contribution in [0.5, 0.6) is 0 Å². The second kappa shape index (κ2) is 8.37. The van der Waals surface area contributed by atoms with Crippen molar-refractivity contribution in [3.63, 3.8) is 0 Å². The van der Waals surface area contributed by atoms with Crippen LogP contribution in [0.3, 0.4) is 0 Å². The minimum absolute atomic E-state index is 0.0618. The van der Waals surface area contributed by atoms with Crippen LogP contribution in [0.15, 0.2) is 86.4 Å². The maximum absolute atomic E-state index is 13.1. The summed E-state index contributed by atoms with van der Waals surface area (Å²) in [5.74, 6) is -1.42. The number of nitrogens with one attached hydrogen (secondary N) is 2. The fourth-order valence-electron chi connectivity index (χ4n) is 3.99. The Labute approximate surface area is 194 Å². The summed E-state index contributed by atoms with van der Waals surface area (Å²) in [5.41, 5.74) is 2.90. The second-order valence-electron chi connectivity index (χ2n) is 8.01. The Bertz CT molecular complexity index is 1630. The zero-order valence-electron chi connectivity index (χ0n) is 18.5. The predicted molar refractivity (Wildman–Crippen MR) is 131 cm³/mol. The Morgan fingerprint density at radius 3 is 2.29 bits per heavy atom. The topological polar surface area (TPSA) is 102 Å². The number of aryl methyl sites for hydroxylation is 2. The highest BCUT2D eigenvalue weighted by Crippen LogP contribution is 2.32. The third-order valence-electron chi connectivity index (χ3n) is 5.47. The Hall–Kier alpha value is -4.65. The van der Waals surface area contributed by atoms with Crippen molar-refractivity contribution in [1.82, 2.24) is 0 Å². The Balaban J connectivity index is 1.55. The molecule has 0 fully saturated rings. The molecule has 0 radical (unpaired) electrons. The van der Waals surface area contributed by atoms with Crippen molar-refractivity contribution in [3.05, 3.63) is 106 Å². The number of hydrogen-bond acceptors (Lipinski definition) is 5. The van der Waals surface area contributed by atoms with Gasteiger partial charge in [-0.3, -0.25) is 14.4 Å². The van der Waals surface area contributed by atoms with E-state index in [-0.39, 0.29) is 22.6 Å². The van der Waals surface area contributed by atoms with Crippen LogP contribution in [0, 0.1) is 13.8 Å². The van der Waals surface area contributed by atoms with Crippen LogP contribution in [0.4, 0.5) is 11.4 Å². The monoisotopic (exact) mass is 452 g/mol. The van der Waals surface area contributed by atoms with Gasteiger partial charge in [-0.2, -0.15) is 0 Å². The molecule has 7 heteroatoms. The molecule has 2 N–H and O–H groups in total. The summed E-state index contributed by atoms with van der Waals surface area (Å²) in [7, 11) is 0. The minimum Gasteiger partial charge on any atom is -0.451 e. The summed E-state index contributed by atoms with van der Waals surface area (Å²) >= 11 is 0. The number of benzene rings is 3. The average Bonchev–Trinajstić information content (AvgIpc) is 3.17. The average molecular weight is 452 g/mol. The maximum Gasteiger partial charge on any atom is 0.293 e. The van der Waals surface area contributed by atoms with E-state index in [0.29, 0.717) is 27.6 Å². The molecule has 0 aliphatic heterocycles. The number of hydrogen-bond donors (Lipinski definition) is 2. The van der Waals surface area contributed by atoms with Crippen molar-refractivity contribution in [2.75, 3.05) is 10.6 Å². The molecule has 2 heterocycles. The highest BCUT2D eigenvalue weighted by atomic mass is 16.4. The van der Waals surface area contributed by atoms with E-state index in [2.05, 4.69) is 10.6 Å². The summed E-state index contributed by atoms with van der Waals surface area (Å²) in [6, 6.07) is 20.6. The summed E-state index contributed by atoms with van der Waals surface area (Å²) in [4.78, 5) is 38.8. The lowest BCUT2D eigenvalue weighted by atomic mass is 10.1. The van der Waals surface area contributed by atoms with Gasteiger partial charge in [0.2, 0.25) is 5.76 Å². The first-order chi connectivity index (χ1) is 16.4. The standard InChI is InChI=1S/C27H20N2O5/c1-15-12-16(2)23-19(30)14-22(33-21(23)13-15)26(31)29-24-18-10-6-7-11-20(18)34-25(24)27(32)28-17-8-4-3-5-9-17/h3-14H,1-2H3,(H,28,32)(H,29,31). The number of amides is 2. The van der Waals surface area contributed by atoms with Crippen molar-refractivity contribution in [2.45, 2.75) is 13.8 Å². The zero-order chi connectivity index (χ0) is 23.8. The summed E-state index contributed by atoms with van der Waals surface area (Å²) in [5, 5.41) is 6.45. The van der Waals surface area contributed by atoms with E-state index < -0.39 is 11.8 Å². The lowest BCUT2D eigenvalue weighted by molar-refractivity contribution is 0.0996. The fraction of sp³-hybridized carbons (Fsp3) is 0.0741. The highest BCUT2D eigenvalue weighted by Gasteiger charge is 2.24. The molecular formula is C27H20N2O5. The number of furan rings is 1. The van der Waals surface area contributed by atoms with Crippen LogP contribution >= 0.6 is 0 Å². The molecule has 0 bridgehead atoms. The van der Waals surface area contributed by atoms with Gasteiger partial charge in [0.1, 0.15) is 16.9 Å². The Kier molecular flexibility index (Phi) is 5.22. The zero-order valence-corrected chi connectivity index (χ0v) is 18.5. The number of anilines is 2. The molecule has 2 aromatic heterocycles. The number of carbonyl (C=O) groups excluding carboxylic acids is 2. The van der Waals surface area contributed by atoms with Crippen LogP contribution in [0.1, 0.15) is 32.2 Å². The molecule has 0 saturated heterocycles. The van der Waals surface area contributed by atoms with Gasteiger partial charge in [0.05, 0.1) is 5.39 Å². The molecule has 3 aromatic carbocycles. The quantitative estimate of drug-likeness (QED) is 0.366. The third kappa shape index (κ3) is 3.84. The van der Waals surface area contributed by atoms with Gasteiger partial charge >= 0.3 is 0 Å². The van der Waals surface area contributed by atoms with Crippen LogP contribution < -0.4 is 16.1 Å². The normalized spacial score (nSPS) is 11.0. The first kappa shape index (κ1) is 21.2. The molecule has 0 atom stereocenters. The van der Waals surface area contributed by atoms with Crippen molar-refractivity contribution in [3.8, 4) is 0 Å². The van der Waals surface area contributed by atoms with Crippen LogP contribution in [0.25, 0.3) is 21.9 Å². The van der Waals surface area contributed by atoms with Gasteiger partial charge < -0.3 is 19.5 Å². The van der Waals surface area contributed by atoms with Gasteiger partial charge in [-0.15, -0.1) is 0 Å². The molecule has 5 aromatic rings. The first-order valence-corrected chi connectivity index (χ1v) is 10.6. The van der Waals surface area contributed by atoms with Crippen molar-refractivity contribution in [1.29, 1.82) is 0 Å². The van der Waals surface area contributed by atoms with Crippen LogP contribution in [-0.2, 0) is 0 Å². The smallest absolute Gasteiger partial charge is 0.293 e. The van der Waals surface area contributed by atoms with E-state index in [4.69, 9.17) is 8.83 Å². The Morgan fingerprint density at radius 2 is 1.50 bits per heavy atom. The third-order valence-corrected chi connectivity index (χ3v) is 5.47. The van der Waals surface area contributed by atoms with E-state index in [0.717, 1.165) is 17.2 Å². The SMILES string of the molecule is Cc1cc(C)c2c(=O)cc(C(=O)Nc3c(C(=O)Nc4ccccc4)oc4ccccc34)oc2c1. The molecule has 5 rings (SSSR count). The van der Waals surface area contributed by atoms with Crippen molar-refractivity contribution in [2.24, 2.45) is 0 Å². The molecule has 34 heavy (non-hydrogen) atoms. The lowest BCUT2D eigenvalue weighted by Gasteiger charge is -2.08. The summed E-state index contributed by atoms with van der Waals surface area (Å²) in [6.07, 6.45) is 0. The predicted octanol–water partition coefficient (Wildman–Crippen LogP) is 5.66. The molecule has 0 saturated carbocycles. The molecular weight excluding hydrogens is 432 g/mol. The first-order valence-electron chi connectivity index (χ1n) is 10.6. The number of fused-ring (bicyclic) bond motifs is 2. The van der Waals surface area contributed by atoms with Crippen molar-refractivity contribution >= 4 is 45.1 Å². The van der Waals surface area contributed by atoms with Crippen LogP contribution in [0.2, 0.25) is 0 Å². The second-order valence-corrected chi connectivity index (χ2v) is 8.01. The van der Waals surface area contributed by atoms with E-state index in [1.807, 2.05) is 26.0 Å². The van der Waals surface area contributed by atoms with E-state index >= 15 is 0 Å². The summed E-state index contributed by atoms with van der Waals surface area (Å²) in [6.45, 7) is 3.70. The molecule has 0 aliphatic rings. The van der Waals surface area contributed by atoms with Gasteiger partial charge in [0.25, 0.3) is 11.8 Å². The molecule has 0 unspecified atom stereocenters. The van der Waals surface area contributed by atoms with Gasteiger partial charge in [-0.1, -0.05) is 36.4 Å². The van der Waals surface area contributed by atoms with Gasteiger partial charge in [0.15, 0.2) is 11.2 Å². The molecule has 7 nitrogen and oxygen atoms in total. The van der Waals surface area contributed by atoms with E-state index in [1.165, 1.54) is 0 Å². The van der Waals surface area contributed by atoms with Gasteiger partial charge in [-0.25, -0.2) is 0 Å². The largest absolute Gasteiger partial charge is 0.451 e. The number of rotatable bonds is 4. The molecule has 2 amide bonds. The van der Waals surface area contributed by atoms with E-state index in [9.17, 15) is 14.4 Å². The number of carbonyl (C=O) groups is 2. The molecule has 0 aliphatic carbocycles. The fourth-order valence-corrected chi connectivity index (χ4v) is 3.99. The highest BCUT2D eigenvalue weighted by molar-refractivity contribution is 6.16. The Morgan fingerprint density at radius 1 is 0.765 bits per heavy atom. The molecule has 168 valence electrons. The maximum atomic E-state index is 13.1. The van der Waals surface area contributed by atoms with Gasteiger partial charge in [0, 0.05) is 17.1 Å². The summed E-state index contributed by atoms with van der Waals surface area (Å²) < 4.78 is 11.6. The number of para-hydroxylation sites is 2. The van der Waals surface area contributed by atoms with Crippen LogP contribution in [-0.4, -0.2) is 11.8 Å². The minimum atomic E-state index is -0.668. The van der Waals surface area contributed by atoms with Crippen molar-refractivity contribution < 1.29 is 18.4 Å². The molecule has 0 spiro atoms. The van der Waals surface area contributed by atoms with E-state index in [1.54, 1.807) is 54.6 Å².